The molecular formula is C27H32BNO4. The van der Waals surface area contributed by atoms with Gasteiger partial charge in [-0.05, 0) is 82.6 Å². The number of benzene rings is 2. The minimum absolute atomic E-state index is 0.137. The number of hydrogen-bond donors (Lipinski definition) is 3. The first-order valence-corrected chi connectivity index (χ1v) is 11.5. The number of rotatable bonds is 5. The van der Waals surface area contributed by atoms with Crippen LogP contribution in [0.5, 0.6) is 0 Å². The van der Waals surface area contributed by atoms with Gasteiger partial charge in [-0.2, -0.15) is 0 Å². The Hall–Kier alpha value is -2.83. The molecule has 33 heavy (non-hydrogen) atoms. The van der Waals surface area contributed by atoms with E-state index in [1.54, 1.807) is 24.3 Å². The molecule has 4 rings (SSSR count). The van der Waals surface area contributed by atoms with Crippen molar-refractivity contribution in [2.75, 3.05) is 5.32 Å². The molecule has 0 unspecified atom stereocenters. The summed E-state index contributed by atoms with van der Waals surface area (Å²) in [5.41, 5.74) is 6.39. The molecule has 1 aliphatic rings. The summed E-state index contributed by atoms with van der Waals surface area (Å²) in [5.74, 6) is 0.573. The predicted octanol–water partition coefficient (Wildman–Crippen LogP) is 4.46. The highest BCUT2D eigenvalue weighted by atomic mass is 16.4. The summed E-state index contributed by atoms with van der Waals surface area (Å²) in [4.78, 5) is 12.6. The molecule has 6 heteroatoms. The van der Waals surface area contributed by atoms with Gasteiger partial charge in [-0.3, -0.25) is 4.79 Å². The fourth-order valence-electron chi connectivity index (χ4n) is 4.71. The number of hydrogen-bond acceptors (Lipinski definition) is 4. The third kappa shape index (κ3) is 4.77. The van der Waals surface area contributed by atoms with Crippen molar-refractivity contribution in [2.24, 2.45) is 0 Å². The van der Waals surface area contributed by atoms with Gasteiger partial charge in [0.1, 0.15) is 5.76 Å². The molecule has 0 spiro atoms. The van der Waals surface area contributed by atoms with Crippen molar-refractivity contribution in [2.45, 2.75) is 64.7 Å². The Bertz CT molecular complexity index is 1190. The van der Waals surface area contributed by atoms with E-state index in [2.05, 4.69) is 52.1 Å². The molecule has 3 N–H and O–H groups in total. The number of carbonyl (C=O) groups is 1. The zero-order valence-corrected chi connectivity index (χ0v) is 20.0. The lowest BCUT2D eigenvalue weighted by molar-refractivity contribution is 0.0995. The lowest BCUT2D eigenvalue weighted by Crippen LogP contribution is -2.34. The third-order valence-electron chi connectivity index (χ3n) is 7.00. The normalized spacial score (nSPS) is 16.2. The topological polar surface area (TPSA) is 82.7 Å². The molecule has 1 aliphatic carbocycles. The average molecular weight is 445 g/mol. The molecule has 1 aromatic heterocycles. The third-order valence-corrected chi connectivity index (χ3v) is 7.00. The summed E-state index contributed by atoms with van der Waals surface area (Å²) in [6.07, 6.45) is 2.97. The molecule has 0 saturated heterocycles. The zero-order valence-electron chi connectivity index (χ0n) is 20.0. The summed E-state index contributed by atoms with van der Waals surface area (Å²) in [7, 11) is -1.59. The largest absolute Gasteiger partial charge is 0.488 e. The van der Waals surface area contributed by atoms with Crippen LogP contribution >= 0.6 is 0 Å². The van der Waals surface area contributed by atoms with Crippen molar-refractivity contribution in [1.29, 1.82) is 0 Å². The van der Waals surface area contributed by atoms with Crippen molar-refractivity contribution in [1.82, 2.24) is 0 Å². The van der Waals surface area contributed by atoms with Crippen LogP contribution in [-0.2, 0) is 17.3 Å². The molecule has 0 saturated carbocycles. The van der Waals surface area contributed by atoms with E-state index >= 15 is 0 Å². The fraction of sp³-hybridized carbons (Fsp3) is 0.370. The molecule has 0 radical (unpaired) electrons. The molecule has 0 atom stereocenters. The van der Waals surface area contributed by atoms with Gasteiger partial charge in [0.2, 0.25) is 0 Å². The average Bonchev–Trinajstić information content (AvgIpc) is 3.21. The van der Waals surface area contributed by atoms with Gasteiger partial charge in [0.05, 0.1) is 0 Å². The summed E-state index contributed by atoms with van der Waals surface area (Å²) in [5, 5.41) is 21.4. The van der Waals surface area contributed by atoms with Crippen LogP contribution in [0, 0.1) is 6.92 Å². The lowest BCUT2D eigenvalue weighted by atomic mass is 9.62. The van der Waals surface area contributed by atoms with Crippen molar-refractivity contribution in [3.63, 3.8) is 0 Å². The maximum absolute atomic E-state index is 12.6. The molecule has 3 aromatic rings. The van der Waals surface area contributed by atoms with E-state index in [4.69, 9.17) is 4.42 Å². The first-order chi connectivity index (χ1) is 15.5. The maximum Gasteiger partial charge on any atom is 0.488 e. The molecule has 0 aliphatic heterocycles. The molecular weight excluding hydrogens is 413 g/mol. The quantitative estimate of drug-likeness (QED) is 0.507. The summed E-state index contributed by atoms with van der Waals surface area (Å²) in [6, 6.07) is 14.6. The van der Waals surface area contributed by atoms with Crippen molar-refractivity contribution in [3.05, 3.63) is 82.3 Å². The van der Waals surface area contributed by atoms with Crippen molar-refractivity contribution < 1.29 is 19.3 Å². The Labute approximate surface area is 196 Å². The number of nitrogens with one attached hydrogen (secondary N) is 1. The highest BCUT2D eigenvalue weighted by molar-refractivity contribution is 6.58. The Morgan fingerprint density at radius 1 is 1.00 bits per heavy atom. The first kappa shape index (κ1) is 23.3. The fourth-order valence-corrected chi connectivity index (χ4v) is 4.71. The van der Waals surface area contributed by atoms with Crippen LogP contribution in [0.3, 0.4) is 0 Å². The van der Waals surface area contributed by atoms with Crippen LogP contribution in [0.25, 0.3) is 0 Å². The number of carbonyl (C=O) groups excluding carboxylic acids is 1. The molecule has 1 heterocycles. The van der Waals surface area contributed by atoms with Crippen LogP contribution in [0.4, 0.5) is 5.69 Å². The van der Waals surface area contributed by atoms with Crippen LogP contribution in [0.1, 0.15) is 79.1 Å². The van der Waals surface area contributed by atoms with Crippen LogP contribution < -0.4 is 10.8 Å². The van der Waals surface area contributed by atoms with Gasteiger partial charge >= 0.3 is 7.12 Å². The predicted molar refractivity (Wildman–Crippen MR) is 132 cm³/mol. The minimum Gasteiger partial charge on any atom is -0.456 e. The Morgan fingerprint density at radius 2 is 1.67 bits per heavy atom. The summed E-state index contributed by atoms with van der Waals surface area (Å²) < 4.78 is 5.88. The second kappa shape index (κ2) is 8.51. The Kier molecular flexibility index (Phi) is 6.02. The van der Waals surface area contributed by atoms with Crippen molar-refractivity contribution in [3.8, 4) is 0 Å². The van der Waals surface area contributed by atoms with Gasteiger partial charge in [0.15, 0.2) is 5.76 Å². The Morgan fingerprint density at radius 3 is 2.33 bits per heavy atom. The van der Waals surface area contributed by atoms with Crippen LogP contribution in [0.2, 0.25) is 0 Å². The first-order valence-electron chi connectivity index (χ1n) is 11.5. The Balaban J connectivity index is 1.54. The number of anilines is 1. The van der Waals surface area contributed by atoms with E-state index in [0.717, 1.165) is 12.2 Å². The summed E-state index contributed by atoms with van der Waals surface area (Å²) in [6.45, 7) is 11.4. The van der Waals surface area contributed by atoms with E-state index in [-0.39, 0.29) is 22.5 Å². The standard InChI is InChI=1S/C27H32BNO4/c1-17-13-22-23(27(4,5)12-11-26(22,2)3)15-18(17)14-21-9-10-24(33-21)25(30)29-20-8-6-7-19(16-20)28(31)32/h6-10,13,15-16,31-32H,11-12,14H2,1-5H3,(H,29,30). The molecule has 172 valence electrons. The zero-order chi connectivity index (χ0) is 24.0. The van der Waals surface area contributed by atoms with E-state index in [1.807, 2.05) is 6.07 Å². The number of fused-ring (bicyclic) bond motifs is 1. The van der Waals surface area contributed by atoms with Crippen molar-refractivity contribution >= 4 is 24.2 Å². The molecule has 2 aromatic carbocycles. The maximum atomic E-state index is 12.6. The van der Waals surface area contributed by atoms with Gasteiger partial charge in [0.25, 0.3) is 5.91 Å². The van der Waals surface area contributed by atoms with E-state index in [0.29, 0.717) is 17.6 Å². The smallest absolute Gasteiger partial charge is 0.456 e. The minimum atomic E-state index is -1.59. The molecule has 0 bridgehead atoms. The van der Waals surface area contributed by atoms with Gasteiger partial charge < -0.3 is 19.8 Å². The van der Waals surface area contributed by atoms with Gasteiger partial charge in [0, 0.05) is 12.1 Å². The molecule has 1 amide bonds. The highest BCUT2D eigenvalue weighted by Crippen LogP contribution is 2.46. The number of aryl methyl sites for hydroxylation is 1. The molecule has 0 fully saturated rings. The monoisotopic (exact) mass is 445 g/mol. The second-order valence-electron chi connectivity index (χ2n) is 10.5. The highest BCUT2D eigenvalue weighted by Gasteiger charge is 2.37. The van der Waals surface area contributed by atoms with Crippen LogP contribution in [0.15, 0.2) is 52.9 Å². The van der Waals surface area contributed by atoms with E-state index in [9.17, 15) is 14.8 Å². The van der Waals surface area contributed by atoms with Gasteiger partial charge in [-0.15, -0.1) is 0 Å². The van der Waals surface area contributed by atoms with Gasteiger partial charge in [-0.1, -0.05) is 52.0 Å². The SMILES string of the molecule is Cc1cc2c(cc1Cc1ccc(C(=O)Nc3cccc(B(O)O)c3)o1)C(C)(C)CCC2(C)C. The molecule has 5 nitrogen and oxygen atoms in total. The summed E-state index contributed by atoms with van der Waals surface area (Å²) >= 11 is 0. The number of amides is 1. The lowest BCUT2D eigenvalue weighted by Gasteiger charge is -2.42. The van der Waals surface area contributed by atoms with E-state index < -0.39 is 7.12 Å². The second-order valence-corrected chi connectivity index (χ2v) is 10.5. The number of furan rings is 1. The van der Waals surface area contributed by atoms with Gasteiger partial charge in [-0.25, -0.2) is 0 Å². The van der Waals surface area contributed by atoms with E-state index in [1.165, 1.54) is 34.7 Å². The van der Waals surface area contributed by atoms with Crippen LogP contribution in [-0.4, -0.2) is 23.1 Å².